The number of amides is 3. The molecular formula is C24H29N3O6. The predicted octanol–water partition coefficient (Wildman–Crippen LogP) is 2.81. The Hall–Kier alpha value is -3.30. The molecule has 4 atom stereocenters. The Morgan fingerprint density at radius 3 is 2.48 bits per heavy atom. The third kappa shape index (κ3) is 5.04. The number of rotatable bonds is 6. The standard InChI is InChI=1S/C24H29N3O6/c1-27(2)22(29)12-17-11-19-18-10-15(6-9-20(18)33-23(19)21(13-28)32-17)26-24(30)25-14-4-7-16(31-3)8-5-14/h4-10,17,19,21,23,28H,11-13H2,1-3H3,(H2,25,26,30)/t17-,19-,21+,23+/m0/s1. The van der Waals surface area contributed by atoms with Crippen molar-refractivity contribution in [1.82, 2.24) is 4.90 Å². The van der Waals surface area contributed by atoms with Crippen LogP contribution in [0, 0.1) is 0 Å². The Labute approximate surface area is 192 Å². The number of hydrogen-bond acceptors (Lipinski definition) is 6. The molecule has 2 heterocycles. The smallest absolute Gasteiger partial charge is 0.323 e. The van der Waals surface area contributed by atoms with Crippen LogP contribution in [0.25, 0.3) is 0 Å². The third-order valence-corrected chi connectivity index (χ3v) is 6.01. The number of benzene rings is 2. The van der Waals surface area contributed by atoms with Gasteiger partial charge in [0.25, 0.3) is 0 Å². The number of ether oxygens (including phenoxy) is 3. The molecule has 176 valence electrons. The lowest BCUT2D eigenvalue weighted by molar-refractivity contribution is -0.147. The Morgan fingerprint density at radius 2 is 1.82 bits per heavy atom. The van der Waals surface area contributed by atoms with Gasteiger partial charge in [0.2, 0.25) is 5.91 Å². The van der Waals surface area contributed by atoms with E-state index in [1.54, 1.807) is 51.5 Å². The van der Waals surface area contributed by atoms with Gasteiger partial charge >= 0.3 is 6.03 Å². The highest BCUT2D eigenvalue weighted by Crippen LogP contribution is 2.47. The first-order chi connectivity index (χ1) is 15.9. The van der Waals surface area contributed by atoms with Gasteiger partial charge < -0.3 is 34.9 Å². The van der Waals surface area contributed by atoms with Gasteiger partial charge in [-0.05, 0) is 48.9 Å². The lowest BCUT2D eigenvalue weighted by Gasteiger charge is -2.37. The number of nitrogens with one attached hydrogen (secondary N) is 2. The van der Waals surface area contributed by atoms with Gasteiger partial charge in [0, 0.05) is 37.0 Å². The number of anilines is 2. The monoisotopic (exact) mass is 455 g/mol. The van der Waals surface area contributed by atoms with E-state index in [4.69, 9.17) is 14.2 Å². The summed E-state index contributed by atoms with van der Waals surface area (Å²) in [4.78, 5) is 26.2. The minimum absolute atomic E-state index is 0.0279. The maximum atomic E-state index is 12.5. The Kier molecular flexibility index (Phi) is 6.71. The number of carbonyl (C=O) groups is 2. The van der Waals surface area contributed by atoms with E-state index in [1.165, 1.54) is 4.90 Å². The van der Waals surface area contributed by atoms with Gasteiger partial charge in [-0.2, -0.15) is 0 Å². The topological polar surface area (TPSA) is 109 Å². The molecule has 0 unspecified atom stereocenters. The number of carbonyl (C=O) groups excluding carboxylic acids is 2. The Balaban J connectivity index is 1.46. The molecule has 0 radical (unpaired) electrons. The van der Waals surface area contributed by atoms with Gasteiger partial charge in [-0.15, -0.1) is 0 Å². The first-order valence-electron chi connectivity index (χ1n) is 10.9. The normalized spacial score (nSPS) is 23.0. The molecule has 0 bridgehead atoms. The van der Waals surface area contributed by atoms with E-state index in [9.17, 15) is 14.7 Å². The quantitative estimate of drug-likeness (QED) is 0.618. The van der Waals surface area contributed by atoms with Crippen LogP contribution >= 0.6 is 0 Å². The molecule has 1 saturated heterocycles. The number of urea groups is 1. The SMILES string of the molecule is COc1ccc(NC(=O)Nc2ccc3c(c2)[C@@H]2C[C@@H](CC(=O)N(C)C)O[C@H](CO)[C@@H]2O3)cc1. The van der Waals surface area contributed by atoms with Crippen LogP contribution in [-0.4, -0.2) is 68.1 Å². The van der Waals surface area contributed by atoms with Crippen LogP contribution in [0.3, 0.4) is 0 Å². The molecule has 33 heavy (non-hydrogen) atoms. The van der Waals surface area contributed by atoms with Crippen LogP contribution in [0.2, 0.25) is 0 Å². The minimum Gasteiger partial charge on any atom is -0.497 e. The van der Waals surface area contributed by atoms with Crippen molar-refractivity contribution in [2.45, 2.75) is 37.1 Å². The number of aliphatic hydroxyl groups is 1. The van der Waals surface area contributed by atoms with Crippen LogP contribution in [0.4, 0.5) is 16.2 Å². The summed E-state index contributed by atoms with van der Waals surface area (Å²) < 4.78 is 17.2. The van der Waals surface area contributed by atoms with Crippen molar-refractivity contribution in [3.8, 4) is 11.5 Å². The van der Waals surface area contributed by atoms with Crippen molar-refractivity contribution in [3.05, 3.63) is 48.0 Å². The summed E-state index contributed by atoms with van der Waals surface area (Å²) in [6.07, 6.45) is -0.340. The number of methoxy groups -OCH3 is 1. The summed E-state index contributed by atoms with van der Waals surface area (Å²) in [7, 11) is 5.00. The summed E-state index contributed by atoms with van der Waals surface area (Å²) in [6.45, 7) is -0.197. The average molecular weight is 456 g/mol. The molecule has 3 N–H and O–H groups in total. The van der Waals surface area contributed by atoms with Crippen LogP contribution in [0.1, 0.15) is 24.3 Å². The molecule has 0 spiro atoms. The molecule has 2 aliphatic heterocycles. The van der Waals surface area contributed by atoms with Crippen LogP contribution in [-0.2, 0) is 9.53 Å². The highest BCUT2D eigenvalue weighted by Gasteiger charge is 2.46. The number of hydrogen-bond donors (Lipinski definition) is 3. The third-order valence-electron chi connectivity index (χ3n) is 6.01. The number of fused-ring (bicyclic) bond motifs is 3. The Bertz CT molecular complexity index is 1010. The van der Waals surface area contributed by atoms with Crippen molar-refractivity contribution < 1.29 is 28.9 Å². The van der Waals surface area contributed by atoms with Crippen molar-refractivity contribution in [1.29, 1.82) is 0 Å². The average Bonchev–Trinajstić information content (AvgIpc) is 3.17. The van der Waals surface area contributed by atoms with E-state index in [2.05, 4.69) is 10.6 Å². The summed E-state index contributed by atoms with van der Waals surface area (Å²) in [5, 5.41) is 15.5. The zero-order valence-electron chi connectivity index (χ0n) is 18.9. The van der Waals surface area contributed by atoms with E-state index in [0.717, 1.165) is 5.56 Å². The molecule has 0 aromatic heterocycles. The van der Waals surface area contributed by atoms with Gasteiger partial charge in [0.05, 0.1) is 26.2 Å². The van der Waals surface area contributed by atoms with Gasteiger partial charge in [-0.3, -0.25) is 4.79 Å². The van der Waals surface area contributed by atoms with E-state index in [0.29, 0.717) is 29.3 Å². The fourth-order valence-electron chi connectivity index (χ4n) is 4.31. The van der Waals surface area contributed by atoms with Gasteiger partial charge in [0.15, 0.2) is 0 Å². The van der Waals surface area contributed by atoms with E-state index < -0.39 is 6.10 Å². The second-order valence-electron chi connectivity index (χ2n) is 8.46. The lowest BCUT2D eigenvalue weighted by atomic mass is 9.84. The van der Waals surface area contributed by atoms with Gasteiger partial charge in [-0.25, -0.2) is 4.79 Å². The second kappa shape index (κ2) is 9.68. The zero-order valence-corrected chi connectivity index (χ0v) is 18.9. The van der Waals surface area contributed by atoms with Gasteiger partial charge in [0.1, 0.15) is 23.7 Å². The predicted molar refractivity (Wildman–Crippen MR) is 123 cm³/mol. The molecule has 2 aromatic rings. The summed E-state index contributed by atoms with van der Waals surface area (Å²) >= 11 is 0. The number of nitrogens with zero attached hydrogens (tertiary/aromatic N) is 1. The van der Waals surface area contributed by atoms with Crippen LogP contribution in [0.15, 0.2) is 42.5 Å². The molecule has 0 aliphatic carbocycles. The molecule has 3 amide bonds. The van der Waals surface area contributed by atoms with Crippen LogP contribution < -0.4 is 20.1 Å². The molecule has 4 rings (SSSR count). The first kappa shape index (κ1) is 22.9. The van der Waals surface area contributed by atoms with Crippen molar-refractivity contribution in [2.24, 2.45) is 0 Å². The minimum atomic E-state index is -0.522. The van der Waals surface area contributed by atoms with E-state index in [1.807, 2.05) is 12.1 Å². The molecule has 2 aromatic carbocycles. The van der Waals surface area contributed by atoms with E-state index in [-0.39, 0.29) is 43.1 Å². The molecule has 9 nitrogen and oxygen atoms in total. The molecular weight excluding hydrogens is 426 g/mol. The molecule has 2 aliphatic rings. The summed E-state index contributed by atoms with van der Waals surface area (Å²) in [6, 6.07) is 12.1. The summed E-state index contributed by atoms with van der Waals surface area (Å²) in [5.74, 6) is 1.34. The lowest BCUT2D eigenvalue weighted by Crippen LogP contribution is -2.47. The Morgan fingerprint density at radius 1 is 1.12 bits per heavy atom. The molecule has 0 saturated carbocycles. The second-order valence-corrected chi connectivity index (χ2v) is 8.46. The fraction of sp³-hybridized carbons (Fsp3) is 0.417. The fourth-order valence-corrected chi connectivity index (χ4v) is 4.31. The van der Waals surface area contributed by atoms with Crippen molar-refractivity contribution in [2.75, 3.05) is 38.4 Å². The number of aliphatic hydroxyl groups excluding tert-OH is 1. The molecule has 1 fully saturated rings. The molecule has 9 heteroatoms. The maximum absolute atomic E-state index is 12.5. The maximum Gasteiger partial charge on any atom is 0.323 e. The van der Waals surface area contributed by atoms with Crippen molar-refractivity contribution in [3.63, 3.8) is 0 Å². The zero-order chi connectivity index (χ0) is 23.5. The highest BCUT2D eigenvalue weighted by atomic mass is 16.6. The highest BCUT2D eigenvalue weighted by molar-refractivity contribution is 5.99. The summed E-state index contributed by atoms with van der Waals surface area (Å²) in [5.41, 5.74) is 2.20. The largest absolute Gasteiger partial charge is 0.497 e. The first-order valence-corrected chi connectivity index (χ1v) is 10.9. The van der Waals surface area contributed by atoms with Crippen LogP contribution in [0.5, 0.6) is 11.5 Å². The van der Waals surface area contributed by atoms with Gasteiger partial charge in [-0.1, -0.05) is 0 Å². The van der Waals surface area contributed by atoms with E-state index >= 15 is 0 Å². The van der Waals surface area contributed by atoms with Crippen molar-refractivity contribution >= 4 is 23.3 Å².